The summed E-state index contributed by atoms with van der Waals surface area (Å²) in [4.78, 5) is 11.4. The number of nitrogens with one attached hydrogen (secondary N) is 2. The normalized spacial score (nSPS) is 10.9. The number of carbonyl (C=O) groups is 1. The second-order valence-corrected chi connectivity index (χ2v) is 5.30. The number of carbonyl (C=O) groups excluding carboxylic acids is 1. The average molecular weight is 311 g/mol. The quantitative estimate of drug-likeness (QED) is 0.859. The summed E-state index contributed by atoms with van der Waals surface area (Å²) >= 11 is 3.42. The van der Waals surface area contributed by atoms with E-state index in [2.05, 4.69) is 46.5 Å². The summed E-state index contributed by atoms with van der Waals surface area (Å²) in [6, 6.07) is 7.91. The number of hydrogen-bond acceptors (Lipinski definition) is 1. The molecule has 0 aromatic heterocycles. The number of hydrogen-bond donors (Lipinski definition) is 2. The molecule has 0 saturated heterocycles. The van der Waals surface area contributed by atoms with Gasteiger partial charge in [-0.05, 0) is 30.0 Å². The van der Waals surface area contributed by atoms with E-state index >= 15 is 0 Å². The van der Waals surface area contributed by atoms with Crippen molar-refractivity contribution in [1.82, 2.24) is 10.6 Å². The average Bonchev–Trinajstić information content (AvgIpc) is 2.28. The highest BCUT2D eigenvalue weighted by molar-refractivity contribution is 9.10. The van der Waals surface area contributed by atoms with Crippen molar-refractivity contribution in [2.45, 2.75) is 20.3 Å². The van der Waals surface area contributed by atoms with Gasteiger partial charge in [-0.1, -0.05) is 48.0 Å². The van der Waals surface area contributed by atoms with Crippen LogP contribution in [0.25, 0.3) is 0 Å². The van der Waals surface area contributed by atoms with Crippen LogP contribution in [-0.4, -0.2) is 12.6 Å². The lowest BCUT2D eigenvalue weighted by Gasteiger charge is -2.05. The van der Waals surface area contributed by atoms with Crippen molar-refractivity contribution in [2.75, 3.05) is 6.54 Å². The Kier molecular flexibility index (Phi) is 6.50. The molecule has 1 aromatic rings. The van der Waals surface area contributed by atoms with Crippen LogP contribution in [0.1, 0.15) is 19.4 Å². The molecule has 2 amide bonds. The van der Waals surface area contributed by atoms with Gasteiger partial charge in [-0.3, -0.25) is 0 Å². The second kappa shape index (κ2) is 7.93. The zero-order chi connectivity index (χ0) is 13.4. The van der Waals surface area contributed by atoms with Crippen LogP contribution in [-0.2, 0) is 6.42 Å². The Balaban J connectivity index is 2.23. The van der Waals surface area contributed by atoms with Crippen molar-refractivity contribution >= 4 is 22.0 Å². The van der Waals surface area contributed by atoms with E-state index in [0.717, 1.165) is 10.9 Å². The van der Waals surface area contributed by atoms with Gasteiger partial charge in [0.15, 0.2) is 0 Å². The number of allylic oxidation sites excluding steroid dienone is 1. The Bertz CT molecular complexity index is 416. The highest BCUT2D eigenvalue weighted by atomic mass is 79.9. The third kappa shape index (κ3) is 6.45. The third-order valence-corrected chi connectivity index (χ3v) is 2.78. The molecule has 0 bridgehead atoms. The molecule has 0 heterocycles. The van der Waals surface area contributed by atoms with Crippen LogP contribution in [0.4, 0.5) is 4.79 Å². The van der Waals surface area contributed by atoms with Crippen molar-refractivity contribution in [3.05, 3.63) is 46.6 Å². The molecule has 0 aliphatic heterocycles. The fourth-order valence-corrected chi connectivity index (χ4v) is 1.83. The zero-order valence-corrected chi connectivity index (χ0v) is 12.3. The van der Waals surface area contributed by atoms with E-state index in [1.165, 1.54) is 5.56 Å². The van der Waals surface area contributed by atoms with Crippen LogP contribution >= 0.6 is 15.9 Å². The Morgan fingerprint density at radius 1 is 1.44 bits per heavy atom. The molecule has 0 radical (unpaired) electrons. The molecule has 4 heteroatoms. The molecule has 0 spiro atoms. The Hall–Kier alpha value is -1.29. The van der Waals surface area contributed by atoms with Crippen LogP contribution in [0.15, 0.2) is 41.0 Å². The SMILES string of the molecule is CC(C)/C=C/NC(=O)NCCc1cccc(Br)c1. The predicted octanol–water partition coefficient (Wildman–Crippen LogP) is 3.46. The van der Waals surface area contributed by atoms with Gasteiger partial charge >= 0.3 is 6.03 Å². The minimum atomic E-state index is -0.165. The molecular formula is C14H19BrN2O. The summed E-state index contributed by atoms with van der Waals surface area (Å²) in [5, 5.41) is 5.48. The summed E-state index contributed by atoms with van der Waals surface area (Å²) in [6.07, 6.45) is 4.44. The van der Waals surface area contributed by atoms with Gasteiger partial charge < -0.3 is 10.6 Å². The van der Waals surface area contributed by atoms with E-state index < -0.39 is 0 Å². The number of halogens is 1. The lowest BCUT2D eigenvalue weighted by Crippen LogP contribution is -2.33. The van der Waals surface area contributed by atoms with Gasteiger partial charge in [0, 0.05) is 17.2 Å². The van der Waals surface area contributed by atoms with Gasteiger partial charge in [-0.15, -0.1) is 0 Å². The first-order valence-electron chi connectivity index (χ1n) is 6.03. The predicted molar refractivity (Wildman–Crippen MR) is 78.4 cm³/mol. The van der Waals surface area contributed by atoms with E-state index in [-0.39, 0.29) is 6.03 Å². The molecule has 1 rings (SSSR count). The Morgan fingerprint density at radius 3 is 2.89 bits per heavy atom. The minimum absolute atomic E-state index is 0.165. The topological polar surface area (TPSA) is 41.1 Å². The highest BCUT2D eigenvalue weighted by Gasteiger charge is 1.98. The standard InChI is InChI=1S/C14H19BrN2O/c1-11(2)6-8-16-14(18)17-9-7-12-4-3-5-13(15)10-12/h3-6,8,10-11H,7,9H2,1-2H3,(H2,16,17,18)/b8-6+. The van der Waals surface area contributed by atoms with E-state index in [9.17, 15) is 4.79 Å². The molecule has 0 fully saturated rings. The molecule has 1 aromatic carbocycles. The maximum atomic E-state index is 11.4. The number of amides is 2. The molecule has 0 unspecified atom stereocenters. The van der Waals surface area contributed by atoms with Crippen molar-refractivity contribution < 1.29 is 4.79 Å². The lowest BCUT2D eigenvalue weighted by molar-refractivity contribution is 0.244. The van der Waals surface area contributed by atoms with Crippen LogP contribution in [0, 0.1) is 5.92 Å². The second-order valence-electron chi connectivity index (χ2n) is 4.38. The molecule has 0 saturated carbocycles. The number of benzene rings is 1. The van der Waals surface area contributed by atoms with Crippen molar-refractivity contribution in [3.8, 4) is 0 Å². The maximum Gasteiger partial charge on any atom is 0.318 e. The van der Waals surface area contributed by atoms with Gasteiger partial charge in [0.2, 0.25) is 0 Å². The van der Waals surface area contributed by atoms with Crippen LogP contribution in [0.5, 0.6) is 0 Å². The summed E-state index contributed by atoms with van der Waals surface area (Å²) in [5.74, 6) is 0.437. The zero-order valence-electron chi connectivity index (χ0n) is 10.7. The smallest absolute Gasteiger partial charge is 0.318 e. The summed E-state index contributed by atoms with van der Waals surface area (Å²) < 4.78 is 1.06. The van der Waals surface area contributed by atoms with Crippen LogP contribution < -0.4 is 10.6 Å². The summed E-state index contributed by atoms with van der Waals surface area (Å²) in [5.41, 5.74) is 1.20. The van der Waals surface area contributed by atoms with Crippen molar-refractivity contribution in [3.63, 3.8) is 0 Å². The summed E-state index contributed by atoms with van der Waals surface area (Å²) in [6.45, 7) is 4.74. The van der Waals surface area contributed by atoms with Gasteiger partial charge in [0.25, 0.3) is 0 Å². The van der Waals surface area contributed by atoms with Crippen molar-refractivity contribution in [1.29, 1.82) is 0 Å². The van der Waals surface area contributed by atoms with E-state index in [4.69, 9.17) is 0 Å². The number of urea groups is 1. The Morgan fingerprint density at radius 2 is 2.22 bits per heavy atom. The highest BCUT2D eigenvalue weighted by Crippen LogP contribution is 2.11. The van der Waals surface area contributed by atoms with Gasteiger partial charge in [0.1, 0.15) is 0 Å². The monoisotopic (exact) mass is 310 g/mol. The molecular weight excluding hydrogens is 292 g/mol. The van der Waals surface area contributed by atoms with Gasteiger partial charge in [-0.2, -0.15) is 0 Å². The summed E-state index contributed by atoms with van der Waals surface area (Å²) in [7, 11) is 0. The molecule has 98 valence electrons. The van der Waals surface area contributed by atoms with Gasteiger partial charge in [-0.25, -0.2) is 4.79 Å². The third-order valence-electron chi connectivity index (χ3n) is 2.28. The van der Waals surface area contributed by atoms with E-state index in [1.54, 1.807) is 6.20 Å². The molecule has 2 N–H and O–H groups in total. The van der Waals surface area contributed by atoms with Crippen LogP contribution in [0.3, 0.4) is 0 Å². The minimum Gasteiger partial charge on any atom is -0.338 e. The molecule has 0 aliphatic carbocycles. The lowest BCUT2D eigenvalue weighted by atomic mass is 10.1. The molecule has 0 aliphatic rings. The fourth-order valence-electron chi connectivity index (χ4n) is 1.38. The largest absolute Gasteiger partial charge is 0.338 e. The molecule has 18 heavy (non-hydrogen) atoms. The van der Waals surface area contributed by atoms with Crippen molar-refractivity contribution in [2.24, 2.45) is 5.92 Å². The Labute approximate surface area is 117 Å². The number of rotatable bonds is 5. The molecule has 3 nitrogen and oxygen atoms in total. The maximum absolute atomic E-state index is 11.4. The first-order chi connectivity index (χ1) is 8.58. The first kappa shape index (κ1) is 14.8. The van der Waals surface area contributed by atoms with Crippen LogP contribution in [0.2, 0.25) is 0 Å². The molecule has 0 atom stereocenters. The fraction of sp³-hybridized carbons (Fsp3) is 0.357. The van der Waals surface area contributed by atoms with Gasteiger partial charge in [0.05, 0.1) is 0 Å². The van der Waals surface area contributed by atoms with E-state index in [0.29, 0.717) is 12.5 Å². The van der Waals surface area contributed by atoms with E-state index in [1.807, 2.05) is 24.3 Å². The first-order valence-corrected chi connectivity index (χ1v) is 6.82.